The number of anilines is 1. The number of rotatable bonds is 7. The summed E-state index contributed by atoms with van der Waals surface area (Å²) in [5.41, 5.74) is 2.02. The quantitative estimate of drug-likeness (QED) is 0.260. The van der Waals surface area contributed by atoms with Crippen molar-refractivity contribution in [3.8, 4) is 0 Å². The second-order valence-electron chi connectivity index (χ2n) is 14.0. The summed E-state index contributed by atoms with van der Waals surface area (Å²) in [6.45, 7) is 4.35. The SMILES string of the molecule is Cc1nc(C2=CC(OC[C@@]34CCCN3C[C@H](F)C4)(c3ccccc3C(=O)O)Cc3c(F)cccc32)cc2nc(N3CCC[C@@H](O)C3)ncc12. The number of ether oxygens (including phenoxy) is 1. The third-order valence-electron chi connectivity index (χ3n) is 10.9. The number of aromatic nitrogens is 3. The van der Waals surface area contributed by atoms with Crippen molar-refractivity contribution < 1.29 is 28.5 Å². The molecule has 4 aromatic rings. The van der Waals surface area contributed by atoms with Crippen molar-refractivity contribution in [1.29, 1.82) is 0 Å². The summed E-state index contributed by atoms with van der Waals surface area (Å²) < 4.78 is 37.8. The fraction of sp³-hybridized carbons (Fsp3) is 0.421. The van der Waals surface area contributed by atoms with Gasteiger partial charge in [0.25, 0.3) is 0 Å². The van der Waals surface area contributed by atoms with Crippen molar-refractivity contribution in [3.05, 3.63) is 100 Å². The maximum Gasteiger partial charge on any atom is 0.336 e. The summed E-state index contributed by atoms with van der Waals surface area (Å²) in [7, 11) is 0. The molecule has 1 unspecified atom stereocenters. The molecule has 3 aliphatic heterocycles. The van der Waals surface area contributed by atoms with Crippen LogP contribution < -0.4 is 4.90 Å². The van der Waals surface area contributed by atoms with Gasteiger partial charge in [0, 0.05) is 66.4 Å². The molecule has 0 radical (unpaired) electrons. The number of alkyl halides is 1. The first-order valence-corrected chi connectivity index (χ1v) is 17.1. The van der Waals surface area contributed by atoms with Gasteiger partial charge in [0.1, 0.15) is 17.6 Å². The van der Waals surface area contributed by atoms with E-state index in [1.54, 1.807) is 30.5 Å². The Morgan fingerprint density at radius 2 is 1.96 bits per heavy atom. The Labute approximate surface area is 283 Å². The molecule has 2 N–H and O–H groups in total. The number of aliphatic hydroxyl groups is 1. The number of halogens is 2. The van der Waals surface area contributed by atoms with Crippen LogP contribution in [0.2, 0.25) is 0 Å². The first-order chi connectivity index (χ1) is 23.6. The molecule has 8 rings (SSSR count). The fourth-order valence-electron chi connectivity index (χ4n) is 8.52. The van der Waals surface area contributed by atoms with Crippen LogP contribution in [-0.2, 0) is 16.8 Å². The van der Waals surface area contributed by atoms with Crippen LogP contribution in [0, 0.1) is 12.7 Å². The Kier molecular flexibility index (Phi) is 7.96. The Morgan fingerprint density at radius 3 is 2.80 bits per heavy atom. The number of hydrogen-bond acceptors (Lipinski definition) is 8. The van der Waals surface area contributed by atoms with Crippen LogP contribution in [0.1, 0.15) is 70.5 Å². The van der Waals surface area contributed by atoms with Crippen molar-refractivity contribution in [3.63, 3.8) is 0 Å². The minimum Gasteiger partial charge on any atom is -0.478 e. The number of piperidine rings is 1. The monoisotopic (exact) mass is 667 g/mol. The first kappa shape index (κ1) is 31.9. The lowest BCUT2D eigenvalue weighted by Gasteiger charge is -2.41. The highest BCUT2D eigenvalue weighted by Gasteiger charge is 2.51. The molecular weight excluding hydrogens is 628 g/mol. The van der Waals surface area contributed by atoms with Crippen LogP contribution in [0.15, 0.2) is 60.8 Å². The van der Waals surface area contributed by atoms with Crippen LogP contribution in [0.25, 0.3) is 16.5 Å². The van der Waals surface area contributed by atoms with Crippen molar-refractivity contribution in [2.75, 3.05) is 37.7 Å². The molecule has 0 bridgehead atoms. The van der Waals surface area contributed by atoms with Crippen LogP contribution in [-0.4, -0.2) is 86.6 Å². The fourth-order valence-corrected chi connectivity index (χ4v) is 8.52. The summed E-state index contributed by atoms with van der Waals surface area (Å²) in [5, 5.41) is 21.4. The van der Waals surface area contributed by atoms with E-state index in [0.29, 0.717) is 64.6 Å². The van der Waals surface area contributed by atoms with E-state index in [-0.39, 0.29) is 18.6 Å². The third-order valence-corrected chi connectivity index (χ3v) is 10.9. The zero-order chi connectivity index (χ0) is 33.9. The standard InChI is InChI=1S/C38H39F2N5O4/c1-23-30-19-41-36(44-13-5-7-25(46)21-44)43-34(30)15-33(42-23)29-18-38(17-28-26(29)9-4-11-32(28)40,31-10-3-2-8-27(31)35(47)48)49-22-37-12-6-14-45(37)20-24(39)16-37/h2-4,8-11,15,18-19,24-25,46H,5-7,12-14,16-17,20-22H2,1H3,(H,47,48)/t24-,25-,37+,38?/m1/s1. The van der Waals surface area contributed by atoms with Crippen LogP contribution in [0.3, 0.4) is 0 Å². The van der Waals surface area contributed by atoms with E-state index in [9.17, 15) is 19.4 Å². The second kappa shape index (κ2) is 12.2. The molecule has 1 aliphatic carbocycles. The molecule has 254 valence electrons. The zero-order valence-electron chi connectivity index (χ0n) is 27.4. The number of pyridine rings is 1. The molecule has 11 heteroatoms. The number of hydrogen-bond donors (Lipinski definition) is 2. The lowest BCUT2D eigenvalue weighted by molar-refractivity contribution is -0.0611. The van der Waals surface area contributed by atoms with Gasteiger partial charge in [-0.1, -0.05) is 30.3 Å². The van der Waals surface area contributed by atoms with Crippen molar-refractivity contribution in [1.82, 2.24) is 19.9 Å². The predicted molar refractivity (Wildman–Crippen MR) is 181 cm³/mol. The maximum absolute atomic E-state index is 16.0. The molecule has 0 spiro atoms. The lowest BCUT2D eigenvalue weighted by atomic mass is 9.75. The van der Waals surface area contributed by atoms with E-state index < -0.39 is 35.2 Å². The van der Waals surface area contributed by atoms with Gasteiger partial charge >= 0.3 is 5.97 Å². The number of aliphatic hydroxyl groups excluding tert-OH is 1. The van der Waals surface area contributed by atoms with Crippen LogP contribution in [0.4, 0.5) is 14.7 Å². The molecule has 9 nitrogen and oxygen atoms in total. The third kappa shape index (κ3) is 5.57. The summed E-state index contributed by atoms with van der Waals surface area (Å²) in [5.74, 6) is -1.03. The normalized spacial score (nSPS) is 26.9. The number of aryl methyl sites for hydroxylation is 1. The van der Waals surface area contributed by atoms with Crippen molar-refractivity contribution in [2.45, 2.75) is 68.9 Å². The van der Waals surface area contributed by atoms with Gasteiger partial charge < -0.3 is 19.8 Å². The molecule has 5 heterocycles. The van der Waals surface area contributed by atoms with Crippen LogP contribution >= 0.6 is 0 Å². The molecule has 2 aromatic carbocycles. The second-order valence-corrected chi connectivity index (χ2v) is 14.0. The molecule has 4 aliphatic rings. The smallest absolute Gasteiger partial charge is 0.336 e. The van der Waals surface area contributed by atoms with Gasteiger partial charge in [-0.25, -0.2) is 23.5 Å². The topological polar surface area (TPSA) is 112 Å². The number of aromatic carboxylic acids is 1. The molecule has 4 atom stereocenters. The molecule has 0 amide bonds. The molecule has 2 aromatic heterocycles. The predicted octanol–water partition coefficient (Wildman–Crippen LogP) is 5.61. The Hall–Kier alpha value is -4.32. The van der Waals surface area contributed by atoms with Gasteiger partial charge in [-0.3, -0.25) is 9.88 Å². The minimum absolute atomic E-state index is 0.0497. The molecule has 49 heavy (non-hydrogen) atoms. The lowest BCUT2D eigenvalue weighted by Crippen LogP contribution is -2.46. The van der Waals surface area contributed by atoms with Gasteiger partial charge in [-0.2, -0.15) is 0 Å². The summed E-state index contributed by atoms with van der Waals surface area (Å²) >= 11 is 0. The Bertz CT molecular complexity index is 1990. The summed E-state index contributed by atoms with van der Waals surface area (Å²) in [4.78, 5) is 31.3. The maximum atomic E-state index is 16.0. The summed E-state index contributed by atoms with van der Waals surface area (Å²) in [6, 6.07) is 13.5. The van der Waals surface area contributed by atoms with E-state index in [1.165, 1.54) is 12.1 Å². The van der Waals surface area contributed by atoms with Crippen molar-refractivity contribution >= 4 is 28.4 Å². The number of carbonyl (C=O) groups is 1. The van der Waals surface area contributed by atoms with Crippen molar-refractivity contribution in [2.24, 2.45) is 0 Å². The summed E-state index contributed by atoms with van der Waals surface area (Å²) in [6.07, 6.45) is 5.89. The van der Waals surface area contributed by atoms with Gasteiger partial charge in [-0.05, 0) is 74.6 Å². The van der Waals surface area contributed by atoms with Gasteiger partial charge in [-0.15, -0.1) is 0 Å². The highest BCUT2D eigenvalue weighted by molar-refractivity contribution is 5.92. The van der Waals surface area contributed by atoms with Crippen LogP contribution in [0.5, 0.6) is 0 Å². The zero-order valence-corrected chi connectivity index (χ0v) is 27.4. The molecule has 0 saturated carbocycles. The van der Waals surface area contributed by atoms with E-state index in [0.717, 1.165) is 44.2 Å². The average molecular weight is 668 g/mol. The number of carboxylic acids is 1. The number of carboxylic acid groups (broad SMARTS) is 1. The molecular formula is C38H39F2N5O4. The number of benzene rings is 2. The van der Waals surface area contributed by atoms with Gasteiger partial charge in [0.05, 0.1) is 29.5 Å². The van der Waals surface area contributed by atoms with E-state index in [1.807, 2.05) is 30.0 Å². The van der Waals surface area contributed by atoms with E-state index in [4.69, 9.17) is 14.7 Å². The largest absolute Gasteiger partial charge is 0.478 e. The average Bonchev–Trinajstić information content (AvgIpc) is 3.63. The van der Waals surface area contributed by atoms with E-state index in [2.05, 4.69) is 9.88 Å². The highest BCUT2D eigenvalue weighted by atomic mass is 19.1. The number of nitrogens with zero attached hydrogens (tertiary/aromatic N) is 5. The molecule has 3 saturated heterocycles. The Balaban J connectivity index is 1.31. The van der Waals surface area contributed by atoms with E-state index >= 15 is 4.39 Å². The van der Waals surface area contributed by atoms with Gasteiger partial charge in [0.2, 0.25) is 5.95 Å². The Morgan fingerprint density at radius 1 is 1.10 bits per heavy atom. The van der Waals surface area contributed by atoms with Gasteiger partial charge in [0.15, 0.2) is 0 Å². The first-order valence-electron chi connectivity index (χ1n) is 17.1. The molecule has 3 fully saturated rings. The highest BCUT2D eigenvalue weighted by Crippen LogP contribution is 2.47. The number of fused-ring (bicyclic) bond motifs is 3. The number of β-amino-alcohol motifs (C(OH)–C–C–N with tert-alkyl or cyclic N) is 1. The minimum atomic E-state index is -1.40.